The van der Waals surface area contributed by atoms with Gasteiger partial charge in [-0.2, -0.15) is 0 Å². The van der Waals surface area contributed by atoms with E-state index in [1.165, 1.54) is 0 Å². The van der Waals surface area contributed by atoms with Crippen LogP contribution in [-0.2, 0) is 9.47 Å². The number of pyridine rings is 1. The number of carbonyl (C=O) groups is 1. The first-order valence-corrected chi connectivity index (χ1v) is 7.45. The van der Waals surface area contributed by atoms with Crippen LogP contribution in [0.2, 0.25) is 0 Å². The predicted molar refractivity (Wildman–Crippen MR) is 81.5 cm³/mol. The maximum atomic E-state index is 11.9. The number of esters is 1. The van der Waals surface area contributed by atoms with Crippen molar-refractivity contribution in [3.63, 3.8) is 0 Å². The minimum Gasteiger partial charge on any atom is -0.462 e. The summed E-state index contributed by atoms with van der Waals surface area (Å²) in [4.78, 5) is 18.3. The Morgan fingerprint density at radius 3 is 3.00 bits per heavy atom. The summed E-state index contributed by atoms with van der Waals surface area (Å²) in [7, 11) is 0. The molecule has 1 aromatic heterocycles. The molecule has 2 N–H and O–H groups in total. The summed E-state index contributed by atoms with van der Waals surface area (Å²) in [5.41, 5.74) is 6.88. The Balaban J connectivity index is 2.19. The highest BCUT2D eigenvalue weighted by Gasteiger charge is 2.24. The van der Waals surface area contributed by atoms with Crippen LogP contribution >= 0.6 is 0 Å². The molecule has 1 aliphatic heterocycles. The van der Waals surface area contributed by atoms with Gasteiger partial charge in [0.05, 0.1) is 24.0 Å². The number of anilines is 2. The van der Waals surface area contributed by atoms with Crippen molar-refractivity contribution < 1.29 is 14.3 Å². The molecule has 0 aliphatic carbocycles. The molecule has 21 heavy (non-hydrogen) atoms. The topological polar surface area (TPSA) is 77.7 Å². The number of aromatic nitrogens is 1. The summed E-state index contributed by atoms with van der Waals surface area (Å²) in [6.07, 6.45) is 3.86. The van der Waals surface area contributed by atoms with Crippen molar-refractivity contribution in [2.45, 2.75) is 32.8 Å². The Bertz CT molecular complexity index is 491. The molecule has 116 valence electrons. The van der Waals surface area contributed by atoms with E-state index in [1.807, 2.05) is 6.92 Å². The monoisotopic (exact) mass is 293 g/mol. The number of nitrogens with zero attached hydrogens (tertiary/aromatic N) is 2. The molecule has 0 spiro atoms. The van der Waals surface area contributed by atoms with Gasteiger partial charge in [0.1, 0.15) is 0 Å². The van der Waals surface area contributed by atoms with Gasteiger partial charge in [-0.3, -0.25) is 0 Å². The third-order valence-electron chi connectivity index (χ3n) is 3.54. The number of hydrogen-bond donors (Lipinski definition) is 1. The third-order valence-corrected chi connectivity index (χ3v) is 3.54. The third kappa shape index (κ3) is 3.64. The van der Waals surface area contributed by atoms with Gasteiger partial charge >= 0.3 is 5.97 Å². The second-order valence-electron chi connectivity index (χ2n) is 4.98. The largest absolute Gasteiger partial charge is 0.462 e. The zero-order chi connectivity index (χ0) is 15.2. The molecule has 1 saturated heterocycles. The van der Waals surface area contributed by atoms with E-state index in [1.54, 1.807) is 19.2 Å². The molecule has 0 amide bonds. The van der Waals surface area contributed by atoms with Crippen LogP contribution in [0.1, 0.15) is 37.0 Å². The van der Waals surface area contributed by atoms with Gasteiger partial charge in [-0.05, 0) is 32.8 Å². The van der Waals surface area contributed by atoms with Crippen LogP contribution in [0.3, 0.4) is 0 Å². The molecule has 6 nitrogen and oxygen atoms in total. The number of nitrogen functional groups attached to an aromatic ring is 1. The molecule has 1 unspecified atom stereocenters. The molecule has 0 radical (unpaired) electrons. The average molecular weight is 293 g/mol. The van der Waals surface area contributed by atoms with Gasteiger partial charge in [0, 0.05) is 25.9 Å². The fourth-order valence-electron chi connectivity index (χ4n) is 2.60. The van der Waals surface area contributed by atoms with E-state index in [4.69, 9.17) is 15.2 Å². The summed E-state index contributed by atoms with van der Waals surface area (Å²) in [6.45, 7) is 6.40. The van der Waals surface area contributed by atoms with E-state index in [0.29, 0.717) is 30.3 Å². The van der Waals surface area contributed by atoms with Gasteiger partial charge < -0.3 is 20.1 Å². The zero-order valence-corrected chi connectivity index (χ0v) is 12.7. The van der Waals surface area contributed by atoms with Crippen LogP contribution in [0.4, 0.5) is 11.5 Å². The van der Waals surface area contributed by atoms with E-state index in [0.717, 1.165) is 25.9 Å². The van der Waals surface area contributed by atoms with Crippen LogP contribution in [0.5, 0.6) is 0 Å². The molecule has 0 bridgehead atoms. The summed E-state index contributed by atoms with van der Waals surface area (Å²) in [5, 5.41) is 0. The smallest absolute Gasteiger partial charge is 0.340 e. The predicted octanol–water partition coefficient (Wildman–Crippen LogP) is 1.85. The number of piperidine rings is 1. The molecule has 1 aromatic rings. The van der Waals surface area contributed by atoms with Gasteiger partial charge in [-0.15, -0.1) is 0 Å². The zero-order valence-electron chi connectivity index (χ0n) is 12.7. The lowest BCUT2D eigenvalue weighted by atomic mass is 10.1. The van der Waals surface area contributed by atoms with Gasteiger partial charge in [0.25, 0.3) is 0 Å². The Hall–Kier alpha value is -1.82. The molecular formula is C15H23N3O3. The quantitative estimate of drug-likeness (QED) is 0.835. The molecule has 1 atom stereocenters. The molecule has 2 rings (SSSR count). The molecule has 0 saturated carbocycles. The maximum Gasteiger partial charge on any atom is 0.340 e. The van der Waals surface area contributed by atoms with E-state index in [-0.39, 0.29) is 6.10 Å². The second-order valence-corrected chi connectivity index (χ2v) is 4.98. The van der Waals surface area contributed by atoms with Crippen molar-refractivity contribution in [1.29, 1.82) is 0 Å². The average Bonchev–Trinajstić information content (AvgIpc) is 2.48. The Labute approximate surface area is 125 Å². The van der Waals surface area contributed by atoms with Crippen molar-refractivity contribution in [2.75, 3.05) is 36.9 Å². The van der Waals surface area contributed by atoms with Crippen LogP contribution in [0.15, 0.2) is 12.3 Å². The van der Waals surface area contributed by atoms with Crippen molar-refractivity contribution in [3.05, 3.63) is 17.8 Å². The number of rotatable bonds is 5. The van der Waals surface area contributed by atoms with E-state index >= 15 is 0 Å². The van der Waals surface area contributed by atoms with E-state index in [2.05, 4.69) is 9.88 Å². The molecular weight excluding hydrogens is 270 g/mol. The lowest BCUT2D eigenvalue weighted by molar-refractivity contribution is 0.0525. The first-order chi connectivity index (χ1) is 10.2. The van der Waals surface area contributed by atoms with Crippen LogP contribution in [0.25, 0.3) is 0 Å². The van der Waals surface area contributed by atoms with Gasteiger partial charge in [-0.25, -0.2) is 9.78 Å². The number of ether oxygens (including phenoxy) is 2. The standard InChI is InChI=1S/C15H23N3O3/c1-3-20-11-6-5-9-18(10-11)14-13(16)12(7-8-17-14)15(19)21-4-2/h7-8,11H,3-6,9-10,16H2,1-2H3. The Morgan fingerprint density at radius 1 is 1.48 bits per heavy atom. The summed E-state index contributed by atoms with van der Waals surface area (Å²) in [5.74, 6) is 0.238. The molecule has 2 heterocycles. The molecule has 1 aliphatic rings. The van der Waals surface area contributed by atoms with E-state index in [9.17, 15) is 4.79 Å². The van der Waals surface area contributed by atoms with Crippen LogP contribution in [0, 0.1) is 0 Å². The summed E-state index contributed by atoms with van der Waals surface area (Å²) >= 11 is 0. The fourth-order valence-corrected chi connectivity index (χ4v) is 2.60. The highest BCUT2D eigenvalue weighted by molar-refractivity contribution is 5.97. The Morgan fingerprint density at radius 2 is 2.29 bits per heavy atom. The van der Waals surface area contributed by atoms with Gasteiger partial charge in [-0.1, -0.05) is 0 Å². The second kappa shape index (κ2) is 7.26. The first-order valence-electron chi connectivity index (χ1n) is 7.45. The molecule has 0 aromatic carbocycles. The van der Waals surface area contributed by atoms with Crippen LogP contribution < -0.4 is 10.6 Å². The first kappa shape index (κ1) is 15.6. The van der Waals surface area contributed by atoms with Crippen molar-refractivity contribution in [1.82, 2.24) is 4.98 Å². The van der Waals surface area contributed by atoms with Gasteiger partial charge in [0.15, 0.2) is 5.82 Å². The lowest BCUT2D eigenvalue weighted by Gasteiger charge is -2.34. The highest BCUT2D eigenvalue weighted by atomic mass is 16.5. The van der Waals surface area contributed by atoms with Crippen molar-refractivity contribution in [3.8, 4) is 0 Å². The summed E-state index contributed by atoms with van der Waals surface area (Å²) in [6, 6.07) is 1.60. The number of carbonyl (C=O) groups excluding carboxylic acids is 1. The van der Waals surface area contributed by atoms with Crippen molar-refractivity contribution in [2.24, 2.45) is 0 Å². The van der Waals surface area contributed by atoms with E-state index < -0.39 is 5.97 Å². The molecule has 6 heteroatoms. The summed E-state index contributed by atoms with van der Waals surface area (Å²) < 4.78 is 10.7. The van der Waals surface area contributed by atoms with Crippen molar-refractivity contribution >= 4 is 17.5 Å². The normalized spacial score (nSPS) is 18.6. The van der Waals surface area contributed by atoms with Crippen LogP contribution in [-0.4, -0.2) is 43.4 Å². The number of hydrogen-bond acceptors (Lipinski definition) is 6. The number of nitrogens with two attached hydrogens (primary N) is 1. The maximum absolute atomic E-state index is 11.9. The minimum absolute atomic E-state index is 0.191. The SMILES string of the molecule is CCOC(=O)c1ccnc(N2CCCC(OCC)C2)c1N. The fraction of sp³-hybridized carbons (Fsp3) is 0.600. The molecule has 1 fully saturated rings. The lowest BCUT2D eigenvalue weighted by Crippen LogP contribution is -2.40. The minimum atomic E-state index is -0.406. The highest BCUT2D eigenvalue weighted by Crippen LogP contribution is 2.27. The van der Waals surface area contributed by atoms with Gasteiger partial charge in [0.2, 0.25) is 0 Å². The Kier molecular flexibility index (Phi) is 5.38.